The van der Waals surface area contributed by atoms with E-state index in [4.69, 9.17) is 18.9 Å². The third-order valence-corrected chi connectivity index (χ3v) is 7.09. The van der Waals surface area contributed by atoms with Gasteiger partial charge < -0.3 is 59.8 Å². The van der Waals surface area contributed by atoms with E-state index in [1.165, 1.54) is 24.3 Å². The molecule has 0 radical (unpaired) electrons. The van der Waals surface area contributed by atoms with Crippen LogP contribution in [0.4, 0.5) is 0 Å². The number of carbonyl (C=O) groups excluding carboxylic acids is 2. The summed E-state index contributed by atoms with van der Waals surface area (Å²) in [4.78, 5) is 25.0. The maximum absolute atomic E-state index is 12.7. The van der Waals surface area contributed by atoms with E-state index < -0.39 is 79.8 Å². The Bertz CT molecular complexity index is 1210. The molecule has 0 bridgehead atoms. The number of hydrogen-bond donors (Lipinski definition) is 8. The van der Waals surface area contributed by atoms with Gasteiger partial charge in [0.2, 0.25) is 11.9 Å². The minimum absolute atomic E-state index is 0.0224. The Morgan fingerprint density at radius 3 is 2.32 bits per heavy atom. The highest BCUT2D eigenvalue weighted by Crippen LogP contribution is 2.33. The molecule has 8 N–H and O–H groups in total. The molecule has 14 nitrogen and oxygen atoms in total. The van der Waals surface area contributed by atoms with Gasteiger partial charge in [-0.2, -0.15) is 0 Å². The lowest BCUT2D eigenvalue weighted by Crippen LogP contribution is -2.65. The molecule has 0 amide bonds. The van der Waals surface area contributed by atoms with Crippen LogP contribution in [0, 0.1) is 0 Å². The van der Waals surface area contributed by atoms with Crippen LogP contribution in [-0.2, 0) is 25.6 Å². The first-order valence-corrected chi connectivity index (χ1v) is 12.8. The van der Waals surface area contributed by atoms with Gasteiger partial charge in [0.25, 0.3) is 0 Å². The van der Waals surface area contributed by atoms with Gasteiger partial charge in [-0.25, -0.2) is 9.59 Å². The zero-order chi connectivity index (χ0) is 29.9. The number of aliphatic hydroxyl groups is 7. The van der Waals surface area contributed by atoms with Crippen LogP contribution in [0.5, 0.6) is 11.5 Å². The summed E-state index contributed by atoms with van der Waals surface area (Å²) in [6.07, 6.45) is -13.6. The molecule has 2 aliphatic rings. The Kier molecular flexibility index (Phi) is 9.46. The lowest BCUT2D eigenvalue weighted by atomic mass is 9.78. The van der Waals surface area contributed by atoms with Gasteiger partial charge in [0.05, 0.1) is 17.8 Å². The summed E-state index contributed by atoms with van der Waals surface area (Å²) < 4.78 is 21.5. The van der Waals surface area contributed by atoms with Crippen molar-refractivity contribution in [3.63, 3.8) is 0 Å². The molecule has 14 heteroatoms. The van der Waals surface area contributed by atoms with Gasteiger partial charge in [0.15, 0.2) is 0 Å². The molecule has 1 aliphatic carbocycles. The summed E-state index contributed by atoms with van der Waals surface area (Å²) in [6.45, 7) is -1.18. The summed E-state index contributed by atoms with van der Waals surface area (Å²) in [6, 6.07) is 11.5. The van der Waals surface area contributed by atoms with Gasteiger partial charge in [-0.05, 0) is 43.2 Å². The van der Waals surface area contributed by atoms with E-state index in [9.17, 15) is 50.4 Å². The van der Waals surface area contributed by atoms with Crippen LogP contribution in [0.2, 0.25) is 0 Å². The monoisotopic (exact) mass is 580 g/mol. The molecule has 0 spiro atoms. The summed E-state index contributed by atoms with van der Waals surface area (Å²) in [5, 5.41) is 81.9. The highest BCUT2D eigenvalue weighted by Gasteiger charge is 2.56. The van der Waals surface area contributed by atoms with E-state index in [-0.39, 0.29) is 35.5 Å². The Hall–Kier alpha value is -3.34. The molecule has 1 saturated heterocycles. The van der Waals surface area contributed by atoms with E-state index in [0.29, 0.717) is 0 Å². The quantitative estimate of drug-likeness (QED) is 0.159. The molecule has 9 atom stereocenters. The van der Waals surface area contributed by atoms with Gasteiger partial charge in [-0.1, -0.05) is 18.2 Å². The summed E-state index contributed by atoms with van der Waals surface area (Å²) in [7, 11) is 0. The maximum Gasteiger partial charge on any atom is 0.344 e. The van der Waals surface area contributed by atoms with Crippen molar-refractivity contribution in [3.05, 3.63) is 59.7 Å². The second kappa shape index (κ2) is 12.7. The lowest BCUT2D eigenvalue weighted by Gasteiger charge is -2.41. The predicted molar refractivity (Wildman–Crippen MR) is 134 cm³/mol. The standard InChI is InChI=1S/C27H32O14/c28-15-6-8-17(14(10-15)11-39-26(36)27(37)19(30)9-7-16(29)23(27)34)40-25-22(33)21(32)20(31)18(41-25)12-38-24(35)13-4-2-1-3-5-13/h1-6,8,10,16,18-23,25,28-34,37H,7,9,11-12H2/t16-,18-,19+,20-,21+,22-,23+,25-,27-/m0/s1. The fourth-order valence-corrected chi connectivity index (χ4v) is 4.60. The lowest BCUT2D eigenvalue weighted by molar-refractivity contribution is -0.277. The van der Waals surface area contributed by atoms with Crippen molar-refractivity contribution in [2.24, 2.45) is 0 Å². The molecule has 0 unspecified atom stereocenters. The first-order valence-electron chi connectivity index (χ1n) is 12.8. The van der Waals surface area contributed by atoms with Crippen molar-refractivity contribution < 1.29 is 69.4 Å². The average Bonchev–Trinajstić information content (AvgIpc) is 2.97. The molecule has 2 aromatic carbocycles. The summed E-state index contributed by atoms with van der Waals surface area (Å²) in [5.74, 6) is -2.58. The van der Waals surface area contributed by atoms with Crippen molar-refractivity contribution in [3.8, 4) is 11.5 Å². The van der Waals surface area contributed by atoms with Crippen molar-refractivity contribution >= 4 is 11.9 Å². The van der Waals surface area contributed by atoms with Crippen LogP contribution in [0.1, 0.15) is 28.8 Å². The van der Waals surface area contributed by atoms with Gasteiger partial charge in [-0.3, -0.25) is 0 Å². The van der Waals surface area contributed by atoms with Crippen LogP contribution in [-0.4, -0.2) is 114 Å². The molecule has 41 heavy (non-hydrogen) atoms. The first-order chi connectivity index (χ1) is 19.4. The Balaban J connectivity index is 1.45. The van der Waals surface area contributed by atoms with Gasteiger partial charge in [0.1, 0.15) is 55.2 Å². The van der Waals surface area contributed by atoms with E-state index in [2.05, 4.69) is 0 Å². The molecule has 0 aromatic heterocycles. The second-order valence-electron chi connectivity index (χ2n) is 9.90. The fourth-order valence-electron chi connectivity index (χ4n) is 4.60. The van der Waals surface area contributed by atoms with Crippen LogP contribution in [0.15, 0.2) is 48.5 Å². The van der Waals surface area contributed by atoms with Crippen LogP contribution in [0.3, 0.4) is 0 Å². The van der Waals surface area contributed by atoms with Crippen LogP contribution < -0.4 is 4.74 Å². The van der Waals surface area contributed by atoms with E-state index in [1.807, 2.05) is 0 Å². The maximum atomic E-state index is 12.7. The minimum Gasteiger partial charge on any atom is -0.508 e. The van der Waals surface area contributed by atoms with E-state index in [1.54, 1.807) is 18.2 Å². The van der Waals surface area contributed by atoms with Gasteiger partial charge >= 0.3 is 11.9 Å². The zero-order valence-corrected chi connectivity index (χ0v) is 21.6. The SMILES string of the molecule is O=C(OC[C@@H]1O[C@H](Oc2ccc(O)cc2COC(=O)[C@]2(O)[C@H](O)CC[C@H](O)[C@H]2O)[C@@H](O)[C@H](O)[C@H]1O)c1ccccc1. The number of esters is 2. The van der Waals surface area contributed by atoms with Crippen molar-refractivity contribution in [1.82, 2.24) is 0 Å². The number of aliphatic hydroxyl groups excluding tert-OH is 6. The highest BCUT2D eigenvalue weighted by atomic mass is 16.7. The molecule has 224 valence electrons. The highest BCUT2D eigenvalue weighted by molar-refractivity contribution is 5.89. The van der Waals surface area contributed by atoms with Gasteiger partial charge in [0, 0.05) is 5.56 Å². The van der Waals surface area contributed by atoms with Crippen molar-refractivity contribution in [2.45, 2.75) is 74.1 Å². The number of rotatable bonds is 8. The van der Waals surface area contributed by atoms with Crippen LogP contribution >= 0.6 is 0 Å². The number of aromatic hydroxyl groups is 1. The van der Waals surface area contributed by atoms with Gasteiger partial charge in [-0.15, -0.1) is 0 Å². The molecule has 1 heterocycles. The molecule has 2 aromatic rings. The molecule has 1 aliphatic heterocycles. The number of hydrogen-bond acceptors (Lipinski definition) is 14. The van der Waals surface area contributed by atoms with E-state index >= 15 is 0 Å². The fraction of sp³-hybridized carbons (Fsp3) is 0.481. The van der Waals surface area contributed by atoms with Crippen molar-refractivity contribution in [2.75, 3.05) is 6.61 Å². The number of ether oxygens (including phenoxy) is 4. The molecular formula is C27H32O14. The number of benzene rings is 2. The Morgan fingerprint density at radius 2 is 1.61 bits per heavy atom. The third kappa shape index (κ3) is 6.45. The van der Waals surface area contributed by atoms with Crippen LogP contribution in [0.25, 0.3) is 0 Å². The third-order valence-electron chi connectivity index (χ3n) is 7.09. The predicted octanol–water partition coefficient (Wildman–Crippen LogP) is -1.91. The smallest absolute Gasteiger partial charge is 0.344 e. The topological polar surface area (TPSA) is 233 Å². The summed E-state index contributed by atoms with van der Waals surface area (Å²) in [5.41, 5.74) is -2.60. The number of carbonyl (C=O) groups is 2. The second-order valence-corrected chi connectivity index (χ2v) is 9.90. The van der Waals surface area contributed by atoms with Crippen molar-refractivity contribution in [1.29, 1.82) is 0 Å². The molecule has 1 saturated carbocycles. The van der Waals surface area contributed by atoms with E-state index in [0.717, 1.165) is 6.07 Å². The Labute approximate surface area is 233 Å². The minimum atomic E-state index is -2.82. The Morgan fingerprint density at radius 1 is 0.902 bits per heavy atom. The first kappa shape index (κ1) is 30.6. The molecule has 4 rings (SSSR count). The number of phenolic OH excluding ortho intramolecular Hbond substituents is 1. The summed E-state index contributed by atoms with van der Waals surface area (Å²) >= 11 is 0. The molecular weight excluding hydrogens is 548 g/mol. The largest absolute Gasteiger partial charge is 0.508 e. The molecule has 2 fully saturated rings. The zero-order valence-electron chi connectivity index (χ0n) is 21.6. The number of phenols is 1. The normalized spacial score (nSPS) is 33.5. The average molecular weight is 581 g/mol.